The van der Waals surface area contributed by atoms with E-state index < -0.39 is 11.4 Å². The van der Waals surface area contributed by atoms with Crippen molar-refractivity contribution >= 4 is 5.97 Å². The van der Waals surface area contributed by atoms with E-state index in [0.717, 1.165) is 5.92 Å². The fraction of sp³-hybridized carbons (Fsp3) is 0.933. The molecule has 2 rings (SSSR count). The molecule has 0 aromatic carbocycles. The molecule has 4 nitrogen and oxygen atoms in total. The van der Waals surface area contributed by atoms with Crippen LogP contribution in [0.1, 0.15) is 45.4 Å². The predicted octanol–water partition coefficient (Wildman–Crippen LogP) is 2.38. The summed E-state index contributed by atoms with van der Waals surface area (Å²) in [5.41, 5.74) is -0.670. The Morgan fingerprint density at radius 2 is 2.05 bits per heavy atom. The number of carboxylic acids is 1. The van der Waals surface area contributed by atoms with Gasteiger partial charge in [-0.15, -0.1) is 0 Å². The van der Waals surface area contributed by atoms with Crippen molar-refractivity contribution in [2.75, 3.05) is 26.8 Å². The number of nitrogens with zero attached hydrogens (tertiary/aromatic N) is 1. The van der Waals surface area contributed by atoms with Crippen LogP contribution in [0.2, 0.25) is 0 Å². The van der Waals surface area contributed by atoms with Gasteiger partial charge in [0.1, 0.15) is 5.41 Å². The minimum absolute atomic E-state index is 0.372. The van der Waals surface area contributed by atoms with Gasteiger partial charge in [0.2, 0.25) is 0 Å². The van der Waals surface area contributed by atoms with E-state index in [1.807, 2.05) is 0 Å². The van der Waals surface area contributed by atoms with Crippen molar-refractivity contribution in [3.63, 3.8) is 0 Å². The highest BCUT2D eigenvalue weighted by atomic mass is 16.5. The molecule has 2 fully saturated rings. The number of carbonyl (C=O) groups is 1. The first-order valence-electron chi connectivity index (χ1n) is 7.59. The first kappa shape index (κ1) is 14.8. The largest absolute Gasteiger partial charge is 0.481 e. The van der Waals surface area contributed by atoms with Crippen molar-refractivity contribution in [3.8, 4) is 0 Å². The van der Waals surface area contributed by atoms with Crippen LogP contribution in [0.15, 0.2) is 0 Å². The summed E-state index contributed by atoms with van der Waals surface area (Å²) in [7, 11) is 2.08. The van der Waals surface area contributed by atoms with Gasteiger partial charge in [0.25, 0.3) is 0 Å². The lowest BCUT2D eigenvalue weighted by molar-refractivity contribution is -0.150. The Kier molecular flexibility index (Phi) is 4.85. The highest BCUT2D eigenvalue weighted by molar-refractivity contribution is 5.75. The summed E-state index contributed by atoms with van der Waals surface area (Å²) in [6.45, 7) is 3.85. The molecule has 19 heavy (non-hydrogen) atoms. The van der Waals surface area contributed by atoms with Gasteiger partial charge >= 0.3 is 5.97 Å². The summed E-state index contributed by atoms with van der Waals surface area (Å²) in [5, 5.41) is 9.48. The van der Waals surface area contributed by atoms with Crippen molar-refractivity contribution in [2.24, 2.45) is 11.3 Å². The number of aliphatic carboxylic acids is 1. The second kappa shape index (κ2) is 6.23. The molecule has 1 saturated carbocycles. The number of ether oxygens (including phenoxy) is 1. The third-order valence-corrected chi connectivity index (χ3v) is 5.13. The third kappa shape index (κ3) is 3.29. The van der Waals surface area contributed by atoms with Crippen molar-refractivity contribution in [3.05, 3.63) is 0 Å². The van der Waals surface area contributed by atoms with Gasteiger partial charge in [-0.05, 0) is 45.1 Å². The highest BCUT2D eigenvalue weighted by Gasteiger charge is 2.44. The molecule has 0 bridgehead atoms. The molecule has 110 valence electrons. The zero-order valence-corrected chi connectivity index (χ0v) is 12.2. The van der Waals surface area contributed by atoms with Gasteiger partial charge in [0.15, 0.2) is 0 Å². The smallest absolute Gasteiger partial charge is 0.313 e. The van der Waals surface area contributed by atoms with E-state index in [1.54, 1.807) is 0 Å². The SMILES string of the molecule is CCC1CCC(N(C)CC2(C(=O)O)CCOC2)CC1. The van der Waals surface area contributed by atoms with Crippen molar-refractivity contribution in [2.45, 2.75) is 51.5 Å². The topological polar surface area (TPSA) is 49.8 Å². The molecule has 0 aromatic rings. The van der Waals surface area contributed by atoms with E-state index >= 15 is 0 Å². The van der Waals surface area contributed by atoms with Crippen LogP contribution in [0, 0.1) is 11.3 Å². The predicted molar refractivity (Wildman–Crippen MR) is 74.2 cm³/mol. The quantitative estimate of drug-likeness (QED) is 0.832. The molecule has 1 heterocycles. The first-order valence-corrected chi connectivity index (χ1v) is 7.59. The standard InChI is InChI=1S/C15H27NO3/c1-3-12-4-6-13(7-5-12)16(2)10-15(14(17)18)8-9-19-11-15/h12-13H,3-11H2,1-2H3,(H,17,18). The molecule has 1 unspecified atom stereocenters. The number of hydrogen-bond donors (Lipinski definition) is 1. The number of hydrogen-bond acceptors (Lipinski definition) is 3. The summed E-state index contributed by atoms with van der Waals surface area (Å²) in [6, 6.07) is 0.555. The molecular formula is C15H27NO3. The number of rotatable bonds is 5. The molecule has 1 aliphatic carbocycles. The Bertz CT molecular complexity index is 305. The van der Waals surface area contributed by atoms with Crippen LogP contribution < -0.4 is 0 Å². The Morgan fingerprint density at radius 1 is 1.37 bits per heavy atom. The molecule has 1 N–H and O–H groups in total. The molecule has 0 radical (unpaired) electrons. The Balaban J connectivity index is 1.89. The van der Waals surface area contributed by atoms with E-state index in [-0.39, 0.29) is 0 Å². The number of carboxylic acid groups (broad SMARTS) is 1. The fourth-order valence-electron chi connectivity index (χ4n) is 3.57. The summed E-state index contributed by atoms with van der Waals surface area (Å²) < 4.78 is 5.34. The van der Waals surface area contributed by atoms with E-state index in [9.17, 15) is 9.90 Å². The van der Waals surface area contributed by atoms with Gasteiger partial charge in [-0.2, -0.15) is 0 Å². The van der Waals surface area contributed by atoms with E-state index in [4.69, 9.17) is 4.74 Å². The molecule has 0 aromatic heterocycles. The van der Waals surface area contributed by atoms with Crippen LogP contribution in [0.25, 0.3) is 0 Å². The van der Waals surface area contributed by atoms with Gasteiger partial charge in [-0.3, -0.25) is 4.79 Å². The lowest BCUT2D eigenvalue weighted by Crippen LogP contribution is -2.46. The Morgan fingerprint density at radius 3 is 2.53 bits per heavy atom. The van der Waals surface area contributed by atoms with Gasteiger partial charge in [-0.25, -0.2) is 0 Å². The van der Waals surface area contributed by atoms with Crippen molar-refractivity contribution in [1.29, 1.82) is 0 Å². The Labute approximate surface area is 116 Å². The fourth-order valence-corrected chi connectivity index (χ4v) is 3.57. The monoisotopic (exact) mass is 269 g/mol. The molecule has 2 aliphatic rings. The van der Waals surface area contributed by atoms with Gasteiger partial charge in [0, 0.05) is 19.2 Å². The molecule has 1 aliphatic heterocycles. The molecule has 0 spiro atoms. The van der Waals surface area contributed by atoms with E-state index in [1.165, 1.54) is 32.1 Å². The van der Waals surface area contributed by atoms with Crippen LogP contribution in [0.4, 0.5) is 0 Å². The third-order valence-electron chi connectivity index (χ3n) is 5.13. The van der Waals surface area contributed by atoms with Crippen LogP contribution in [-0.2, 0) is 9.53 Å². The maximum atomic E-state index is 11.5. The van der Waals surface area contributed by atoms with E-state index in [2.05, 4.69) is 18.9 Å². The molecule has 1 saturated heterocycles. The maximum Gasteiger partial charge on any atom is 0.313 e. The molecular weight excluding hydrogens is 242 g/mol. The summed E-state index contributed by atoms with van der Waals surface area (Å²) in [4.78, 5) is 13.8. The summed E-state index contributed by atoms with van der Waals surface area (Å²) in [5.74, 6) is 0.187. The normalized spacial score (nSPS) is 35.7. The van der Waals surface area contributed by atoms with Crippen LogP contribution in [-0.4, -0.2) is 48.8 Å². The average molecular weight is 269 g/mol. The molecule has 0 amide bonds. The minimum Gasteiger partial charge on any atom is -0.481 e. The molecule has 1 atom stereocenters. The highest BCUT2D eigenvalue weighted by Crippen LogP contribution is 2.34. The van der Waals surface area contributed by atoms with Crippen LogP contribution >= 0.6 is 0 Å². The van der Waals surface area contributed by atoms with E-state index in [0.29, 0.717) is 32.2 Å². The minimum atomic E-state index is -0.695. The second-order valence-electron chi connectivity index (χ2n) is 6.39. The van der Waals surface area contributed by atoms with Gasteiger partial charge in [-0.1, -0.05) is 13.3 Å². The zero-order valence-electron chi connectivity index (χ0n) is 12.2. The average Bonchev–Trinajstić information content (AvgIpc) is 2.88. The lowest BCUT2D eigenvalue weighted by Gasteiger charge is -2.37. The van der Waals surface area contributed by atoms with Crippen molar-refractivity contribution in [1.82, 2.24) is 4.90 Å². The van der Waals surface area contributed by atoms with Gasteiger partial charge in [0.05, 0.1) is 6.61 Å². The molecule has 4 heteroatoms. The van der Waals surface area contributed by atoms with Crippen LogP contribution in [0.3, 0.4) is 0 Å². The second-order valence-corrected chi connectivity index (χ2v) is 6.39. The van der Waals surface area contributed by atoms with Gasteiger partial charge < -0.3 is 14.7 Å². The maximum absolute atomic E-state index is 11.5. The summed E-state index contributed by atoms with van der Waals surface area (Å²) in [6.07, 6.45) is 6.95. The summed E-state index contributed by atoms with van der Waals surface area (Å²) >= 11 is 0. The zero-order chi connectivity index (χ0) is 13.9. The van der Waals surface area contributed by atoms with Crippen molar-refractivity contribution < 1.29 is 14.6 Å². The first-order chi connectivity index (χ1) is 9.07. The van der Waals surface area contributed by atoms with Crippen LogP contribution in [0.5, 0.6) is 0 Å². The lowest BCUT2D eigenvalue weighted by atomic mass is 9.82. The Hall–Kier alpha value is -0.610.